The van der Waals surface area contributed by atoms with Crippen molar-refractivity contribution >= 4 is 5.91 Å². The summed E-state index contributed by atoms with van der Waals surface area (Å²) in [6.07, 6.45) is 0.760. The van der Waals surface area contributed by atoms with Gasteiger partial charge in [0.15, 0.2) is 0 Å². The molecule has 0 aliphatic heterocycles. The summed E-state index contributed by atoms with van der Waals surface area (Å²) in [7, 11) is 3.50. The summed E-state index contributed by atoms with van der Waals surface area (Å²) in [5.74, 6) is 0.0376. The maximum absolute atomic E-state index is 11.5. The highest BCUT2D eigenvalue weighted by molar-refractivity contribution is 5.93. The van der Waals surface area contributed by atoms with Crippen molar-refractivity contribution in [2.75, 3.05) is 14.1 Å². The van der Waals surface area contributed by atoms with Crippen molar-refractivity contribution in [1.29, 1.82) is 0 Å². The Balaban J connectivity index is 2.86. The highest BCUT2D eigenvalue weighted by Crippen LogP contribution is 2.06. The molecular weight excluding hydrogens is 162 g/mol. The van der Waals surface area contributed by atoms with E-state index in [-0.39, 0.29) is 5.91 Å². The topological polar surface area (TPSA) is 20.3 Å². The molecule has 69 valence electrons. The molecule has 0 fully saturated rings. The molecule has 1 rings (SSSR count). The average Bonchev–Trinajstić information content (AvgIpc) is 2.17. The Kier molecular flexibility index (Phi) is 3.07. The van der Waals surface area contributed by atoms with Gasteiger partial charge < -0.3 is 4.90 Å². The highest BCUT2D eigenvalue weighted by Gasteiger charge is 2.06. The fraction of sp³-hybridized carbons (Fsp3) is 0.273. The summed E-state index contributed by atoms with van der Waals surface area (Å²) in [5, 5.41) is 0. The predicted octanol–water partition coefficient (Wildman–Crippen LogP) is 1.76. The fourth-order valence-corrected chi connectivity index (χ4v) is 1.07. The molecule has 2 nitrogen and oxygen atoms in total. The zero-order valence-corrected chi connectivity index (χ0v) is 8.08. The lowest BCUT2D eigenvalue weighted by Crippen LogP contribution is -2.21. The smallest absolute Gasteiger partial charge is 0.253 e. The third-order valence-corrected chi connectivity index (χ3v) is 1.90. The van der Waals surface area contributed by atoms with Crippen molar-refractivity contribution in [2.24, 2.45) is 0 Å². The van der Waals surface area contributed by atoms with Crippen molar-refractivity contribution in [2.45, 2.75) is 6.42 Å². The largest absolute Gasteiger partial charge is 0.345 e. The average molecular weight is 176 g/mol. The van der Waals surface area contributed by atoms with E-state index in [9.17, 15) is 4.79 Å². The van der Waals surface area contributed by atoms with Crippen LogP contribution in [0.5, 0.6) is 0 Å². The molecule has 0 atom stereocenters. The van der Waals surface area contributed by atoms with Gasteiger partial charge in [-0.1, -0.05) is 12.1 Å². The van der Waals surface area contributed by atoms with E-state index in [2.05, 4.69) is 6.92 Å². The first-order valence-electron chi connectivity index (χ1n) is 4.25. The van der Waals surface area contributed by atoms with Gasteiger partial charge in [-0.05, 0) is 31.0 Å². The summed E-state index contributed by atoms with van der Waals surface area (Å²) in [6.45, 7) is 3.77. The Bertz CT molecular complexity index is 287. The summed E-state index contributed by atoms with van der Waals surface area (Å²) in [6, 6.07) is 7.54. The fourth-order valence-electron chi connectivity index (χ4n) is 1.07. The lowest BCUT2D eigenvalue weighted by Gasteiger charge is -2.09. The van der Waals surface area contributed by atoms with Crippen LogP contribution in [0.4, 0.5) is 0 Å². The molecule has 1 aromatic rings. The number of amides is 1. The van der Waals surface area contributed by atoms with Crippen molar-refractivity contribution in [1.82, 2.24) is 4.90 Å². The van der Waals surface area contributed by atoms with E-state index in [1.165, 1.54) is 0 Å². The predicted molar refractivity (Wildman–Crippen MR) is 53.5 cm³/mol. The normalized spacial score (nSPS) is 9.77. The van der Waals surface area contributed by atoms with Gasteiger partial charge in [0, 0.05) is 19.7 Å². The first kappa shape index (κ1) is 9.78. The minimum atomic E-state index is 0.0376. The lowest BCUT2D eigenvalue weighted by atomic mass is 10.1. The minimum absolute atomic E-state index is 0.0376. The molecule has 0 heterocycles. The van der Waals surface area contributed by atoms with Crippen molar-refractivity contribution in [3.8, 4) is 0 Å². The van der Waals surface area contributed by atoms with Crippen LogP contribution in [0.3, 0.4) is 0 Å². The van der Waals surface area contributed by atoms with E-state index in [1.807, 2.05) is 24.3 Å². The zero-order valence-electron chi connectivity index (χ0n) is 8.08. The second-order valence-electron chi connectivity index (χ2n) is 3.15. The first-order chi connectivity index (χ1) is 6.15. The third kappa shape index (κ3) is 2.31. The molecular formula is C11H14NO. The van der Waals surface area contributed by atoms with E-state index in [4.69, 9.17) is 0 Å². The number of carbonyl (C=O) groups excluding carboxylic acids is 1. The number of hydrogen-bond donors (Lipinski definition) is 0. The number of rotatable bonds is 2. The van der Waals surface area contributed by atoms with Gasteiger partial charge in [0.25, 0.3) is 5.91 Å². The minimum Gasteiger partial charge on any atom is -0.345 e. The van der Waals surface area contributed by atoms with Crippen molar-refractivity contribution < 1.29 is 4.79 Å². The summed E-state index contributed by atoms with van der Waals surface area (Å²) in [4.78, 5) is 13.0. The molecule has 1 amide bonds. The van der Waals surface area contributed by atoms with Gasteiger partial charge in [0.05, 0.1) is 0 Å². The molecule has 0 spiro atoms. The molecule has 1 radical (unpaired) electrons. The van der Waals surface area contributed by atoms with Crippen molar-refractivity contribution in [3.05, 3.63) is 42.3 Å². The molecule has 0 saturated carbocycles. The Labute approximate surface area is 79.2 Å². The van der Waals surface area contributed by atoms with Crippen LogP contribution in [-0.2, 0) is 6.42 Å². The van der Waals surface area contributed by atoms with E-state index >= 15 is 0 Å². The molecule has 0 aliphatic carbocycles. The Morgan fingerprint density at radius 3 is 2.23 bits per heavy atom. The highest BCUT2D eigenvalue weighted by atomic mass is 16.2. The van der Waals surface area contributed by atoms with Gasteiger partial charge in [-0.2, -0.15) is 0 Å². The number of hydrogen-bond acceptors (Lipinski definition) is 1. The van der Waals surface area contributed by atoms with Crippen LogP contribution in [0, 0.1) is 6.92 Å². The summed E-state index contributed by atoms with van der Waals surface area (Å²) >= 11 is 0. The first-order valence-corrected chi connectivity index (χ1v) is 4.25. The molecule has 0 bridgehead atoms. The van der Waals surface area contributed by atoms with Crippen LogP contribution in [0.15, 0.2) is 24.3 Å². The van der Waals surface area contributed by atoms with Gasteiger partial charge >= 0.3 is 0 Å². The quantitative estimate of drug-likeness (QED) is 0.672. The maximum atomic E-state index is 11.5. The molecule has 0 aliphatic rings. The van der Waals surface area contributed by atoms with Gasteiger partial charge in [0.1, 0.15) is 0 Å². The van der Waals surface area contributed by atoms with Gasteiger partial charge in [-0.15, -0.1) is 0 Å². The Morgan fingerprint density at radius 1 is 1.31 bits per heavy atom. The standard InChI is InChI=1S/C11H14NO/c1-4-9-5-7-10(8-6-9)11(13)12(2)3/h5-8H,1,4H2,2-3H3. The van der Waals surface area contributed by atoms with Crippen molar-refractivity contribution in [3.63, 3.8) is 0 Å². The molecule has 1 aromatic carbocycles. The Hall–Kier alpha value is -1.31. The molecule has 0 saturated heterocycles. The van der Waals surface area contributed by atoms with Crippen LogP contribution in [-0.4, -0.2) is 24.9 Å². The summed E-state index contributed by atoms with van der Waals surface area (Å²) < 4.78 is 0. The maximum Gasteiger partial charge on any atom is 0.253 e. The third-order valence-electron chi connectivity index (χ3n) is 1.90. The second kappa shape index (κ2) is 4.08. The van der Waals surface area contributed by atoms with E-state index in [1.54, 1.807) is 19.0 Å². The van der Waals surface area contributed by atoms with Gasteiger partial charge in [-0.3, -0.25) is 4.79 Å². The molecule has 0 aromatic heterocycles. The van der Waals surface area contributed by atoms with Crippen LogP contribution in [0.1, 0.15) is 15.9 Å². The van der Waals surface area contributed by atoms with Crippen LogP contribution in [0.2, 0.25) is 0 Å². The monoisotopic (exact) mass is 176 g/mol. The van der Waals surface area contributed by atoms with E-state index < -0.39 is 0 Å². The van der Waals surface area contributed by atoms with Gasteiger partial charge in [0.2, 0.25) is 0 Å². The molecule has 0 unspecified atom stereocenters. The molecule has 2 heteroatoms. The number of benzene rings is 1. The van der Waals surface area contributed by atoms with Crippen LogP contribution in [0.25, 0.3) is 0 Å². The number of carbonyl (C=O) groups is 1. The van der Waals surface area contributed by atoms with Gasteiger partial charge in [-0.25, -0.2) is 0 Å². The van der Waals surface area contributed by atoms with Crippen LogP contribution < -0.4 is 0 Å². The number of nitrogens with zero attached hydrogens (tertiary/aromatic N) is 1. The zero-order chi connectivity index (χ0) is 9.84. The Morgan fingerprint density at radius 2 is 1.85 bits per heavy atom. The second-order valence-corrected chi connectivity index (χ2v) is 3.15. The molecule has 0 N–H and O–H groups in total. The van der Waals surface area contributed by atoms with E-state index in [0.29, 0.717) is 0 Å². The molecule has 13 heavy (non-hydrogen) atoms. The summed E-state index contributed by atoms with van der Waals surface area (Å²) in [5.41, 5.74) is 1.87. The van der Waals surface area contributed by atoms with E-state index in [0.717, 1.165) is 17.5 Å². The SMILES string of the molecule is [CH2]Cc1ccc(C(=O)N(C)C)cc1. The van der Waals surface area contributed by atoms with Crippen LogP contribution >= 0.6 is 0 Å². The lowest BCUT2D eigenvalue weighted by molar-refractivity contribution is 0.0827.